The fraction of sp³-hybridized carbons (Fsp3) is 0.0769. The standard InChI is InChI=1S/C13H12N2O/c1-14-12-7-8-15-9-11(12)13(16)10-5-3-2-4-6-10/h2-9H,1H3,(H,14,15). The summed E-state index contributed by atoms with van der Waals surface area (Å²) in [4.78, 5) is 16.1. The van der Waals surface area contributed by atoms with E-state index in [2.05, 4.69) is 10.3 Å². The van der Waals surface area contributed by atoms with E-state index in [4.69, 9.17) is 0 Å². The van der Waals surface area contributed by atoms with Crippen LogP contribution in [0.4, 0.5) is 5.69 Å². The van der Waals surface area contributed by atoms with Crippen LogP contribution in [-0.2, 0) is 0 Å². The number of carbonyl (C=O) groups is 1. The second kappa shape index (κ2) is 4.57. The first-order chi connectivity index (χ1) is 7.83. The lowest BCUT2D eigenvalue weighted by Crippen LogP contribution is -2.05. The maximum Gasteiger partial charge on any atom is 0.196 e. The summed E-state index contributed by atoms with van der Waals surface area (Å²) in [5.41, 5.74) is 2.06. The third-order valence-electron chi connectivity index (χ3n) is 2.37. The molecule has 0 spiro atoms. The van der Waals surface area contributed by atoms with Gasteiger partial charge in [0.25, 0.3) is 0 Å². The molecule has 1 aromatic heterocycles. The van der Waals surface area contributed by atoms with E-state index in [1.807, 2.05) is 18.2 Å². The summed E-state index contributed by atoms with van der Waals surface area (Å²) in [6, 6.07) is 11.0. The van der Waals surface area contributed by atoms with Crippen LogP contribution in [-0.4, -0.2) is 17.8 Å². The number of carbonyl (C=O) groups excluding carboxylic acids is 1. The number of anilines is 1. The van der Waals surface area contributed by atoms with Crippen molar-refractivity contribution in [2.24, 2.45) is 0 Å². The van der Waals surface area contributed by atoms with Crippen LogP contribution < -0.4 is 5.32 Å². The van der Waals surface area contributed by atoms with Gasteiger partial charge >= 0.3 is 0 Å². The van der Waals surface area contributed by atoms with Gasteiger partial charge in [-0.3, -0.25) is 9.78 Å². The van der Waals surface area contributed by atoms with Gasteiger partial charge in [-0.1, -0.05) is 30.3 Å². The molecule has 0 bridgehead atoms. The lowest BCUT2D eigenvalue weighted by Gasteiger charge is -2.06. The van der Waals surface area contributed by atoms with Gasteiger partial charge in [0.05, 0.1) is 5.56 Å². The predicted molar refractivity (Wildman–Crippen MR) is 63.7 cm³/mol. The first kappa shape index (κ1) is 10.4. The van der Waals surface area contributed by atoms with E-state index in [0.717, 1.165) is 5.69 Å². The van der Waals surface area contributed by atoms with Gasteiger partial charge in [-0.05, 0) is 6.07 Å². The van der Waals surface area contributed by atoms with Gasteiger partial charge in [-0.2, -0.15) is 0 Å². The normalized spacial score (nSPS) is 9.81. The van der Waals surface area contributed by atoms with Gasteiger partial charge in [0.1, 0.15) is 0 Å². The minimum absolute atomic E-state index is 0.0157. The molecule has 80 valence electrons. The Morgan fingerprint density at radius 3 is 2.62 bits per heavy atom. The molecule has 3 heteroatoms. The summed E-state index contributed by atoms with van der Waals surface area (Å²) in [6.07, 6.45) is 3.24. The molecule has 0 fully saturated rings. The zero-order chi connectivity index (χ0) is 11.4. The van der Waals surface area contributed by atoms with Crippen molar-refractivity contribution in [3.63, 3.8) is 0 Å². The molecule has 3 nitrogen and oxygen atoms in total. The van der Waals surface area contributed by atoms with E-state index >= 15 is 0 Å². The van der Waals surface area contributed by atoms with E-state index in [1.54, 1.807) is 37.6 Å². The summed E-state index contributed by atoms with van der Waals surface area (Å²) in [5.74, 6) is -0.0157. The van der Waals surface area contributed by atoms with E-state index in [1.165, 1.54) is 0 Å². The highest BCUT2D eigenvalue weighted by Gasteiger charge is 2.12. The summed E-state index contributed by atoms with van der Waals surface area (Å²) in [7, 11) is 1.79. The van der Waals surface area contributed by atoms with Crippen molar-refractivity contribution < 1.29 is 4.79 Å². The van der Waals surface area contributed by atoms with Crippen LogP contribution in [0, 0.1) is 0 Å². The predicted octanol–water partition coefficient (Wildman–Crippen LogP) is 2.35. The Morgan fingerprint density at radius 2 is 1.94 bits per heavy atom. The molecule has 2 rings (SSSR count). The molecule has 1 N–H and O–H groups in total. The first-order valence-corrected chi connectivity index (χ1v) is 5.04. The highest BCUT2D eigenvalue weighted by molar-refractivity contribution is 6.12. The number of ketones is 1. The van der Waals surface area contributed by atoms with Gasteiger partial charge in [0.2, 0.25) is 0 Å². The van der Waals surface area contributed by atoms with Crippen LogP contribution >= 0.6 is 0 Å². The zero-order valence-electron chi connectivity index (χ0n) is 8.97. The Morgan fingerprint density at radius 1 is 1.19 bits per heavy atom. The summed E-state index contributed by atoms with van der Waals surface area (Å²) >= 11 is 0. The molecular formula is C13H12N2O. The van der Waals surface area contributed by atoms with Crippen LogP contribution in [0.3, 0.4) is 0 Å². The van der Waals surface area contributed by atoms with E-state index in [9.17, 15) is 4.79 Å². The van der Waals surface area contributed by atoms with Crippen molar-refractivity contribution in [2.45, 2.75) is 0 Å². The molecule has 2 aromatic rings. The number of nitrogens with one attached hydrogen (secondary N) is 1. The summed E-state index contributed by atoms with van der Waals surface area (Å²) in [5, 5.41) is 2.99. The van der Waals surface area contributed by atoms with Gasteiger partial charge in [-0.15, -0.1) is 0 Å². The number of rotatable bonds is 3. The Kier molecular flexibility index (Phi) is 2.96. The Labute approximate surface area is 94.1 Å². The number of hydrogen-bond acceptors (Lipinski definition) is 3. The maximum absolute atomic E-state index is 12.1. The third-order valence-corrected chi connectivity index (χ3v) is 2.37. The number of benzene rings is 1. The molecule has 0 aliphatic rings. The molecule has 0 radical (unpaired) electrons. The molecule has 16 heavy (non-hydrogen) atoms. The largest absolute Gasteiger partial charge is 0.387 e. The Hall–Kier alpha value is -2.16. The van der Waals surface area contributed by atoms with Gasteiger partial charge < -0.3 is 5.32 Å². The second-order valence-electron chi connectivity index (χ2n) is 3.37. The van der Waals surface area contributed by atoms with Crippen LogP contribution in [0.1, 0.15) is 15.9 Å². The fourth-order valence-corrected chi connectivity index (χ4v) is 1.54. The molecule has 1 aromatic carbocycles. The lowest BCUT2D eigenvalue weighted by atomic mass is 10.0. The smallest absolute Gasteiger partial charge is 0.196 e. The van der Waals surface area contributed by atoms with E-state index in [-0.39, 0.29) is 5.78 Å². The SMILES string of the molecule is CNc1ccncc1C(=O)c1ccccc1. The fourth-order valence-electron chi connectivity index (χ4n) is 1.54. The lowest BCUT2D eigenvalue weighted by molar-refractivity contribution is 0.103. The number of aromatic nitrogens is 1. The number of nitrogens with zero attached hydrogens (tertiary/aromatic N) is 1. The summed E-state index contributed by atoms with van der Waals surface area (Å²) < 4.78 is 0. The van der Waals surface area contributed by atoms with E-state index < -0.39 is 0 Å². The molecule has 0 unspecified atom stereocenters. The first-order valence-electron chi connectivity index (χ1n) is 5.04. The van der Waals surface area contributed by atoms with Gasteiger partial charge in [-0.25, -0.2) is 0 Å². The van der Waals surface area contributed by atoms with Gasteiger partial charge in [0.15, 0.2) is 5.78 Å². The Balaban J connectivity index is 2.42. The molecule has 0 aliphatic heterocycles. The number of pyridine rings is 1. The maximum atomic E-state index is 12.1. The second-order valence-corrected chi connectivity index (χ2v) is 3.37. The minimum Gasteiger partial charge on any atom is -0.387 e. The van der Waals surface area contributed by atoms with Crippen molar-refractivity contribution in [3.8, 4) is 0 Å². The molecule has 0 atom stereocenters. The average Bonchev–Trinajstić information content (AvgIpc) is 2.39. The summed E-state index contributed by atoms with van der Waals surface area (Å²) in [6.45, 7) is 0. The highest BCUT2D eigenvalue weighted by atomic mass is 16.1. The minimum atomic E-state index is -0.0157. The van der Waals surface area contributed by atoms with E-state index in [0.29, 0.717) is 11.1 Å². The molecule has 1 heterocycles. The van der Waals surface area contributed by atoms with Crippen LogP contribution in [0.15, 0.2) is 48.8 Å². The van der Waals surface area contributed by atoms with Crippen molar-refractivity contribution in [3.05, 3.63) is 59.9 Å². The highest BCUT2D eigenvalue weighted by Crippen LogP contribution is 2.17. The quantitative estimate of drug-likeness (QED) is 0.794. The topological polar surface area (TPSA) is 42.0 Å². The monoisotopic (exact) mass is 212 g/mol. The zero-order valence-corrected chi connectivity index (χ0v) is 8.97. The van der Waals surface area contributed by atoms with Crippen molar-refractivity contribution in [2.75, 3.05) is 12.4 Å². The van der Waals surface area contributed by atoms with Crippen molar-refractivity contribution in [1.82, 2.24) is 4.98 Å². The molecule has 0 aliphatic carbocycles. The number of hydrogen-bond donors (Lipinski definition) is 1. The average molecular weight is 212 g/mol. The van der Waals surface area contributed by atoms with Crippen LogP contribution in [0.5, 0.6) is 0 Å². The molecule has 0 amide bonds. The Bertz CT molecular complexity index is 494. The third kappa shape index (κ3) is 1.93. The van der Waals surface area contributed by atoms with Crippen LogP contribution in [0.25, 0.3) is 0 Å². The van der Waals surface area contributed by atoms with Crippen molar-refractivity contribution in [1.29, 1.82) is 0 Å². The van der Waals surface area contributed by atoms with Gasteiger partial charge in [0, 0.05) is 30.7 Å². The molecule has 0 saturated carbocycles. The molecular weight excluding hydrogens is 200 g/mol. The van der Waals surface area contributed by atoms with Crippen LogP contribution in [0.2, 0.25) is 0 Å². The molecule has 0 saturated heterocycles. The van der Waals surface area contributed by atoms with Crippen molar-refractivity contribution >= 4 is 11.5 Å².